The van der Waals surface area contributed by atoms with Gasteiger partial charge in [0.2, 0.25) is 0 Å². The van der Waals surface area contributed by atoms with Crippen molar-refractivity contribution in [1.29, 1.82) is 0 Å². The lowest BCUT2D eigenvalue weighted by Gasteiger charge is -2.16. The highest BCUT2D eigenvalue weighted by atomic mass is 16.1. The number of benzene rings is 1. The molecular weight excluding hydrogens is 392 g/mol. The van der Waals surface area contributed by atoms with Crippen LogP contribution in [0.25, 0.3) is 21.9 Å². The van der Waals surface area contributed by atoms with Gasteiger partial charge in [-0.05, 0) is 44.0 Å². The first-order chi connectivity index (χ1) is 15.0. The molecule has 1 aromatic carbocycles. The van der Waals surface area contributed by atoms with E-state index in [1.807, 2.05) is 20.0 Å². The van der Waals surface area contributed by atoms with Gasteiger partial charge in [0, 0.05) is 31.0 Å². The Balaban J connectivity index is 1.48. The monoisotopic (exact) mass is 416 g/mol. The van der Waals surface area contributed by atoms with Crippen LogP contribution in [0, 0.1) is 6.92 Å². The van der Waals surface area contributed by atoms with Crippen molar-refractivity contribution in [3.63, 3.8) is 0 Å². The second kappa shape index (κ2) is 7.61. The fourth-order valence-corrected chi connectivity index (χ4v) is 4.32. The van der Waals surface area contributed by atoms with E-state index in [1.165, 1.54) is 0 Å². The predicted molar refractivity (Wildman–Crippen MR) is 119 cm³/mol. The van der Waals surface area contributed by atoms with E-state index in [0.717, 1.165) is 54.7 Å². The molecule has 4 heterocycles. The Morgan fingerprint density at radius 1 is 1.10 bits per heavy atom. The highest BCUT2D eigenvalue weighted by Crippen LogP contribution is 2.21. The molecule has 3 aromatic heterocycles. The maximum atomic E-state index is 13.0. The van der Waals surface area contributed by atoms with Gasteiger partial charge in [-0.2, -0.15) is 5.10 Å². The normalized spacial score (nSPS) is 14.3. The molecular formula is C23H24N6O2. The molecule has 0 saturated heterocycles. The van der Waals surface area contributed by atoms with E-state index in [4.69, 9.17) is 4.98 Å². The Bertz CT molecular complexity index is 1380. The first-order valence-corrected chi connectivity index (χ1v) is 10.7. The van der Waals surface area contributed by atoms with Gasteiger partial charge in [-0.25, -0.2) is 9.97 Å². The third-order valence-corrected chi connectivity index (χ3v) is 5.95. The molecule has 0 aliphatic carbocycles. The highest BCUT2D eigenvalue weighted by molar-refractivity contribution is 6.06. The maximum absolute atomic E-state index is 13.0. The number of nitrogens with one attached hydrogen (secondary N) is 1. The first kappa shape index (κ1) is 19.4. The van der Waals surface area contributed by atoms with Crippen LogP contribution in [-0.2, 0) is 20.0 Å². The molecule has 8 heteroatoms. The summed E-state index contributed by atoms with van der Waals surface area (Å²) < 4.78 is 3.52. The molecule has 1 aliphatic heterocycles. The minimum Gasteiger partial charge on any atom is -0.321 e. The molecule has 1 aliphatic rings. The zero-order chi connectivity index (χ0) is 21.5. The summed E-state index contributed by atoms with van der Waals surface area (Å²) in [6, 6.07) is 6.96. The van der Waals surface area contributed by atoms with Gasteiger partial charge in [0.05, 0.1) is 28.5 Å². The van der Waals surface area contributed by atoms with Crippen LogP contribution >= 0.6 is 0 Å². The van der Waals surface area contributed by atoms with Crippen LogP contribution in [0.1, 0.15) is 47.6 Å². The number of aryl methyl sites for hydroxylation is 3. The van der Waals surface area contributed by atoms with Gasteiger partial charge in [0.15, 0.2) is 5.65 Å². The zero-order valence-corrected chi connectivity index (χ0v) is 17.7. The van der Waals surface area contributed by atoms with E-state index in [2.05, 4.69) is 15.4 Å². The SMILES string of the molecule is Cc1nn(C)c2ncc(NC(=O)c3ccc4c(=O)n5c(nc4c3)CCCCCC5)cc12. The summed E-state index contributed by atoms with van der Waals surface area (Å²) in [6.07, 6.45) is 6.73. The van der Waals surface area contributed by atoms with Gasteiger partial charge < -0.3 is 5.32 Å². The summed E-state index contributed by atoms with van der Waals surface area (Å²) in [6.45, 7) is 2.62. The summed E-state index contributed by atoms with van der Waals surface area (Å²) in [4.78, 5) is 35.0. The summed E-state index contributed by atoms with van der Waals surface area (Å²) in [5.41, 5.74) is 3.23. The fraction of sp³-hybridized carbons (Fsp3) is 0.348. The lowest BCUT2D eigenvalue weighted by atomic mass is 10.1. The topological polar surface area (TPSA) is 94.7 Å². The maximum Gasteiger partial charge on any atom is 0.261 e. The number of amides is 1. The molecule has 0 spiro atoms. The molecule has 0 atom stereocenters. The zero-order valence-electron chi connectivity index (χ0n) is 17.7. The van der Waals surface area contributed by atoms with Gasteiger partial charge in [-0.1, -0.05) is 12.8 Å². The van der Waals surface area contributed by atoms with Crippen LogP contribution in [0.2, 0.25) is 0 Å². The van der Waals surface area contributed by atoms with Crippen LogP contribution in [0.5, 0.6) is 0 Å². The molecule has 158 valence electrons. The Kier molecular flexibility index (Phi) is 4.77. The van der Waals surface area contributed by atoms with E-state index in [1.54, 1.807) is 33.6 Å². The van der Waals surface area contributed by atoms with Gasteiger partial charge in [0.25, 0.3) is 11.5 Å². The Labute approximate surface area is 178 Å². The number of pyridine rings is 1. The average Bonchev–Trinajstić information content (AvgIpc) is 3.02. The van der Waals surface area contributed by atoms with Crippen molar-refractivity contribution in [2.75, 3.05) is 5.32 Å². The third kappa shape index (κ3) is 3.48. The number of anilines is 1. The van der Waals surface area contributed by atoms with E-state index < -0.39 is 0 Å². The smallest absolute Gasteiger partial charge is 0.261 e. The van der Waals surface area contributed by atoms with Crippen LogP contribution in [0.3, 0.4) is 0 Å². The summed E-state index contributed by atoms with van der Waals surface area (Å²) in [5, 5.41) is 8.70. The van der Waals surface area contributed by atoms with E-state index in [9.17, 15) is 9.59 Å². The van der Waals surface area contributed by atoms with Gasteiger partial charge in [0.1, 0.15) is 5.82 Å². The van der Waals surface area contributed by atoms with E-state index in [-0.39, 0.29) is 11.5 Å². The number of rotatable bonds is 2. The van der Waals surface area contributed by atoms with Crippen molar-refractivity contribution in [2.24, 2.45) is 7.05 Å². The number of carbonyl (C=O) groups is 1. The summed E-state index contributed by atoms with van der Waals surface area (Å²) >= 11 is 0. The Hall–Kier alpha value is -3.55. The molecule has 0 radical (unpaired) electrons. The van der Waals surface area contributed by atoms with Gasteiger partial charge in [-0.3, -0.25) is 18.8 Å². The Morgan fingerprint density at radius 2 is 1.94 bits per heavy atom. The van der Waals surface area contributed by atoms with Crippen LogP contribution in [0.4, 0.5) is 5.69 Å². The standard InChI is InChI=1S/C23H24N6O2/c1-14-18-12-16(13-24-21(18)28(2)27-14)25-22(30)15-8-9-17-19(11-15)26-20-7-5-3-4-6-10-29(20)23(17)31/h8-9,11-13H,3-7,10H2,1-2H3,(H,25,30). The average molecular weight is 416 g/mol. The molecule has 0 bridgehead atoms. The molecule has 0 fully saturated rings. The van der Waals surface area contributed by atoms with Gasteiger partial charge in [-0.15, -0.1) is 0 Å². The number of hydrogen-bond donors (Lipinski definition) is 1. The second-order valence-electron chi connectivity index (χ2n) is 8.14. The lowest BCUT2D eigenvalue weighted by molar-refractivity contribution is 0.102. The third-order valence-electron chi connectivity index (χ3n) is 5.95. The van der Waals surface area contributed by atoms with Crippen LogP contribution in [0.15, 0.2) is 35.3 Å². The van der Waals surface area contributed by atoms with Crippen molar-refractivity contribution in [3.05, 3.63) is 57.9 Å². The molecule has 8 nitrogen and oxygen atoms in total. The Morgan fingerprint density at radius 3 is 2.81 bits per heavy atom. The number of aromatic nitrogens is 5. The molecule has 0 saturated carbocycles. The van der Waals surface area contributed by atoms with Crippen molar-refractivity contribution < 1.29 is 4.79 Å². The molecule has 1 N–H and O–H groups in total. The number of fused-ring (bicyclic) bond motifs is 3. The molecule has 5 rings (SSSR count). The summed E-state index contributed by atoms with van der Waals surface area (Å²) in [7, 11) is 1.84. The minimum absolute atomic E-state index is 0.0180. The van der Waals surface area contributed by atoms with Crippen molar-refractivity contribution >= 4 is 33.5 Å². The lowest BCUT2D eigenvalue weighted by Crippen LogP contribution is -2.26. The second-order valence-corrected chi connectivity index (χ2v) is 8.14. The van der Waals surface area contributed by atoms with E-state index in [0.29, 0.717) is 28.7 Å². The van der Waals surface area contributed by atoms with Crippen molar-refractivity contribution in [2.45, 2.75) is 45.6 Å². The minimum atomic E-state index is -0.266. The molecule has 31 heavy (non-hydrogen) atoms. The number of nitrogens with zero attached hydrogens (tertiary/aromatic N) is 5. The van der Waals surface area contributed by atoms with Crippen molar-refractivity contribution in [3.8, 4) is 0 Å². The molecule has 4 aromatic rings. The largest absolute Gasteiger partial charge is 0.321 e. The predicted octanol–water partition coefficient (Wildman–Crippen LogP) is 3.36. The number of hydrogen-bond acceptors (Lipinski definition) is 5. The molecule has 1 amide bonds. The summed E-state index contributed by atoms with van der Waals surface area (Å²) in [5.74, 6) is 0.551. The van der Waals surface area contributed by atoms with Gasteiger partial charge >= 0.3 is 0 Å². The first-order valence-electron chi connectivity index (χ1n) is 10.7. The van der Waals surface area contributed by atoms with Crippen LogP contribution in [-0.4, -0.2) is 30.2 Å². The number of carbonyl (C=O) groups excluding carboxylic acids is 1. The van der Waals surface area contributed by atoms with Crippen molar-refractivity contribution in [1.82, 2.24) is 24.3 Å². The molecule has 0 unspecified atom stereocenters. The highest BCUT2D eigenvalue weighted by Gasteiger charge is 2.16. The quantitative estimate of drug-likeness (QED) is 0.541. The fourth-order valence-electron chi connectivity index (χ4n) is 4.32. The van der Waals surface area contributed by atoms with Crippen LogP contribution < -0.4 is 10.9 Å². The van der Waals surface area contributed by atoms with E-state index >= 15 is 0 Å².